The van der Waals surface area contributed by atoms with Crippen molar-refractivity contribution in [1.29, 1.82) is 5.26 Å². The molecule has 1 aromatic rings. The Morgan fingerprint density at radius 1 is 1.37 bits per heavy atom. The predicted molar refractivity (Wildman–Crippen MR) is 113 cm³/mol. The zero-order chi connectivity index (χ0) is 22.7. The summed E-state index contributed by atoms with van der Waals surface area (Å²) in [6.45, 7) is 5.90. The number of ketones is 1. The van der Waals surface area contributed by atoms with Crippen LogP contribution in [0.15, 0.2) is 36.1 Å². The van der Waals surface area contributed by atoms with E-state index in [1.165, 1.54) is 18.3 Å². The van der Waals surface area contributed by atoms with Crippen LogP contribution in [0.2, 0.25) is 0 Å². The highest BCUT2D eigenvalue weighted by atomic mass is 19.1. The van der Waals surface area contributed by atoms with E-state index in [0.29, 0.717) is 17.6 Å². The van der Waals surface area contributed by atoms with Crippen molar-refractivity contribution >= 4 is 11.8 Å². The third kappa shape index (κ3) is 7.24. The molecule has 5 N–H and O–H groups in total. The van der Waals surface area contributed by atoms with Crippen molar-refractivity contribution in [2.45, 2.75) is 58.5 Å². The fraction of sp³-hybridized carbons (Fsp3) is 0.409. The van der Waals surface area contributed by atoms with E-state index in [4.69, 9.17) is 11.0 Å². The summed E-state index contributed by atoms with van der Waals surface area (Å²) >= 11 is 0. The average Bonchev–Trinajstić information content (AvgIpc) is 3.55. The molecular weight excluding hydrogens is 387 g/mol. The molecule has 0 bridgehead atoms. The Labute approximate surface area is 176 Å². The summed E-state index contributed by atoms with van der Waals surface area (Å²) < 4.78 is 13.5. The van der Waals surface area contributed by atoms with Crippen LogP contribution in [0.5, 0.6) is 5.75 Å². The number of amides is 2. The van der Waals surface area contributed by atoms with Crippen molar-refractivity contribution in [2.24, 2.45) is 5.73 Å². The number of aromatic hydroxyl groups is 1. The molecule has 1 fully saturated rings. The molecule has 1 aromatic carbocycles. The number of allylic oxidation sites excluding steroid dienone is 2. The van der Waals surface area contributed by atoms with E-state index in [1.807, 2.05) is 26.8 Å². The van der Waals surface area contributed by atoms with Gasteiger partial charge in [0.25, 0.3) is 0 Å². The van der Waals surface area contributed by atoms with Gasteiger partial charge in [-0.25, -0.2) is 9.18 Å². The number of nitrogens with one attached hydrogen (secondary N) is 2. The Kier molecular flexibility index (Phi) is 10.1. The van der Waals surface area contributed by atoms with Gasteiger partial charge >= 0.3 is 6.03 Å². The van der Waals surface area contributed by atoms with Crippen molar-refractivity contribution in [3.63, 3.8) is 0 Å². The number of halogens is 1. The van der Waals surface area contributed by atoms with Crippen molar-refractivity contribution in [3.05, 3.63) is 53.0 Å². The molecule has 8 heteroatoms. The van der Waals surface area contributed by atoms with E-state index in [-0.39, 0.29) is 29.2 Å². The molecular formula is C22H29FN4O3. The number of nitriles is 1. The number of hydrogen-bond donors (Lipinski definition) is 4. The number of Topliss-reactive ketones (excluding diaryl/α,β-unsaturated/α-hetero) is 1. The van der Waals surface area contributed by atoms with Gasteiger partial charge in [0.1, 0.15) is 23.8 Å². The van der Waals surface area contributed by atoms with Crippen molar-refractivity contribution < 1.29 is 19.1 Å². The lowest BCUT2D eigenvalue weighted by Crippen LogP contribution is -2.45. The Hall–Kier alpha value is -3.34. The highest BCUT2D eigenvalue weighted by Crippen LogP contribution is 2.46. The molecule has 1 aliphatic heterocycles. The summed E-state index contributed by atoms with van der Waals surface area (Å²) in [6.07, 6.45) is 7.37. The molecule has 1 aliphatic carbocycles. The number of phenolic OH excluding ortho intramolecular Hbond substituents is 1. The molecule has 0 radical (unpaired) electrons. The van der Waals surface area contributed by atoms with Gasteiger partial charge in [0.2, 0.25) is 0 Å². The summed E-state index contributed by atoms with van der Waals surface area (Å²) in [4.78, 5) is 22.1. The smallest absolute Gasteiger partial charge is 0.314 e. The van der Waals surface area contributed by atoms with E-state index in [0.717, 1.165) is 19.3 Å². The van der Waals surface area contributed by atoms with Gasteiger partial charge in [-0.15, -0.1) is 0 Å². The summed E-state index contributed by atoms with van der Waals surface area (Å²) in [6, 6.07) is 4.01. The molecule has 1 atom stereocenters. The lowest BCUT2D eigenvalue weighted by atomic mass is 9.99. The fourth-order valence-electron chi connectivity index (χ4n) is 2.73. The highest BCUT2D eigenvalue weighted by molar-refractivity contribution is 5.99. The van der Waals surface area contributed by atoms with Crippen LogP contribution in [0.25, 0.3) is 0 Å². The quantitative estimate of drug-likeness (QED) is 0.540. The van der Waals surface area contributed by atoms with Crippen LogP contribution in [0.1, 0.15) is 68.3 Å². The highest BCUT2D eigenvalue weighted by Gasteiger charge is 2.31. The van der Waals surface area contributed by atoms with Gasteiger partial charge in [-0.3, -0.25) is 4.79 Å². The maximum Gasteiger partial charge on any atom is 0.314 e. The second kappa shape index (κ2) is 12.3. The Bertz CT molecular complexity index is 855. The van der Waals surface area contributed by atoms with Gasteiger partial charge in [-0.2, -0.15) is 5.26 Å². The topological polar surface area (TPSA) is 128 Å². The summed E-state index contributed by atoms with van der Waals surface area (Å²) in [5, 5.41) is 23.5. The molecule has 7 nitrogen and oxygen atoms in total. The molecule has 1 saturated carbocycles. The molecule has 2 amide bonds. The van der Waals surface area contributed by atoms with Crippen LogP contribution >= 0.6 is 0 Å². The maximum atomic E-state index is 13.5. The number of dihydropyridines is 1. The number of nitrogens with zero attached hydrogens (tertiary/aromatic N) is 1. The number of nitrogens with two attached hydrogens (primary N) is 1. The SMILES string of the molecule is CC.CCCC(=O)c1ccc(F)c(C2CC2)c1O.N#CC1=CNC(NC(N)=O)C=C1. The van der Waals surface area contributed by atoms with Crippen LogP contribution in [-0.2, 0) is 0 Å². The van der Waals surface area contributed by atoms with E-state index < -0.39 is 11.8 Å². The number of hydrogen-bond acceptors (Lipinski definition) is 5. The van der Waals surface area contributed by atoms with Crippen LogP contribution in [0.3, 0.4) is 0 Å². The second-order valence-electron chi connectivity index (χ2n) is 6.53. The first-order chi connectivity index (χ1) is 14.4. The lowest BCUT2D eigenvalue weighted by Gasteiger charge is -2.16. The Balaban J connectivity index is 0.000000287. The average molecular weight is 416 g/mol. The summed E-state index contributed by atoms with van der Waals surface area (Å²) in [5.41, 5.74) is 6.00. The number of phenols is 1. The first-order valence-corrected chi connectivity index (χ1v) is 10.0. The Morgan fingerprint density at radius 3 is 2.50 bits per heavy atom. The summed E-state index contributed by atoms with van der Waals surface area (Å²) in [7, 11) is 0. The van der Waals surface area contributed by atoms with Crippen LogP contribution in [-0.4, -0.2) is 23.1 Å². The van der Waals surface area contributed by atoms with Crippen LogP contribution < -0.4 is 16.4 Å². The molecule has 1 unspecified atom stereocenters. The molecule has 0 spiro atoms. The van der Waals surface area contributed by atoms with Gasteiger partial charge in [-0.05, 0) is 49.5 Å². The third-order valence-electron chi connectivity index (χ3n) is 4.24. The van der Waals surface area contributed by atoms with Gasteiger partial charge < -0.3 is 21.5 Å². The van der Waals surface area contributed by atoms with Gasteiger partial charge in [0, 0.05) is 18.2 Å². The van der Waals surface area contributed by atoms with Gasteiger partial charge in [-0.1, -0.05) is 20.8 Å². The monoisotopic (exact) mass is 416 g/mol. The standard InChI is InChI=1S/C13H15FO2.C7H8N4O.C2H6/c1-2-3-11(15)9-6-7-10(14)12(13(9)16)8-4-5-8;8-3-5-1-2-6(10-4-5)11-7(9)12;1-2/h6-8,16H,2-5H2,1H3;1-2,4,6,10H,(H3,9,11,12);1-2H3. The largest absolute Gasteiger partial charge is 0.507 e. The van der Waals surface area contributed by atoms with Gasteiger partial charge in [0.15, 0.2) is 5.78 Å². The van der Waals surface area contributed by atoms with E-state index >= 15 is 0 Å². The molecule has 1 heterocycles. The lowest BCUT2D eigenvalue weighted by molar-refractivity contribution is 0.0979. The second-order valence-corrected chi connectivity index (χ2v) is 6.53. The van der Waals surface area contributed by atoms with Crippen LogP contribution in [0.4, 0.5) is 9.18 Å². The normalized spacial score (nSPS) is 16.4. The minimum atomic E-state index is -0.606. The number of urea groups is 1. The zero-order valence-electron chi connectivity index (χ0n) is 17.5. The number of carbonyl (C=O) groups is 2. The maximum absolute atomic E-state index is 13.5. The molecule has 162 valence electrons. The van der Waals surface area contributed by atoms with Crippen molar-refractivity contribution in [2.75, 3.05) is 0 Å². The number of carbonyl (C=O) groups excluding carboxylic acids is 2. The van der Waals surface area contributed by atoms with Crippen molar-refractivity contribution in [1.82, 2.24) is 10.6 Å². The molecule has 0 aromatic heterocycles. The molecule has 0 saturated heterocycles. The minimum Gasteiger partial charge on any atom is -0.507 e. The van der Waals surface area contributed by atoms with E-state index in [9.17, 15) is 19.1 Å². The fourth-order valence-corrected chi connectivity index (χ4v) is 2.73. The molecule has 2 aliphatic rings. The predicted octanol–water partition coefficient (Wildman–Crippen LogP) is 3.97. The summed E-state index contributed by atoms with van der Waals surface area (Å²) in [5.74, 6) is -0.537. The number of benzene rings is 1. The zero-order valence-corrected chi connectivity index (χ0v) is 17.5. The van der Waals surface area contributed by atoms with Gasteiger partial charge in [0.05, 0.1) is 11.1 Å². The minimum absolute atomic E-state index is 0.106. The Morgan fingerprint density at radius 2 is 2.03 bits per heavy atom. The number of rotatable bonds is 5. The van der Waals surface area contributed by atoms with E-state index in [2.05, 4.69) is 10.6 Å². The third-order valence-corrected chi connectivity index (χ3v) is 4.24. The van der Waals surface area contributed by atoms with E-state index in [1.54, 1.807) is 12.2 Å². The van der Waals surface area contributed by atoms with Crippen molar-refractivity contribution in [3.8, 4) is 11.8 Å². The number of primary amides is 1. The first-order valence-electron chi connectivity index (χ1n) is 10.0. The molecule has 3 rings (SSSR count). The first kappa shape index (κ1) is 24.7. The molecule has 30 heavy (non-hydrogen) atoms. The van der Waals surface area contributed by atoms with Crippen LogP contribution in [0, 0.1) is 17.1 Å².